The number of aliphatic hydroxyl groups is 1. The van der Waals surface area contributed by atoms with Gasteiger partial charge in [-0.2, -0.15) is 4.98 Å². The molecule has 3 aromatic rings. The fourth-order valence-electron chi connectivity index (χ4n) is 4.06. The number of rotatable bonds is 12. The molecule has 0 unspecified atom stereocenters. The number of aliphatic hydroxyl groups excluding tert-OH is 1. The number of anilines is 2. The van der Waals surface area contributed by atoms with Gasteiger partial charge in [-0.1, -0.05) is 43.2 Å². The van der Waals surface area contributed by atoms with Crippen LogP contribution in [0.2, 0.25) is 0 Å². The average Bonchev–Trinajstić information content (AvgIpc) is 3.34. The molecule has 0 saturated carbocycles. The molecule has 2 aromatic carbocycles. The van der Waals surface area contributed by atoms with E-state index in [9.17, 15) is 4.79 Å². The van der Waals surface area contributed by atoms with E-state index in [1.807, 2.05) is 36.4 Å². The van der Waals surface area contributed by atoms with Crippen molar-refractivity contribution in [3.8, 4) is 11.6 Å². The Bertz CT molecular complexity index is 1120. The first-order valence-electron chi connectivity index (χ1n) is 12.1. The van der Waals surface area contributed by atoms with E-state index in [1.54, 1.807) is 13.3 Å². The van der Waals surface area contributed by atoms with Gasteiger partial charge in [-0.3, -0.25) is 4.79 Å². The van der Waals surface area contributed by atoms with Crippen LogP contribution < -0.4 is 19.7 Å². The second-order valence-electron chi connectivity index (χ2n) is 8.45. The van der Waals surface area contributed by atoms with Crippen molar-refractivity contribution in [3.05, 3.63) is 71.4 Å². The standard InChI is InChI=1S/C27H32N4O4/c1-34-22-12-10-20(11-13-22)19-35-26-23(25(33)28-15-6-2-3-7-17-32)18-29-27(30-26)31-16-14-21-8-4-5-9-24(21)31/h4-5,8-13,18,32H,2-3,6-7,14-17,19H2,1H3,(H,28,33). The number of nitrogens with one attached hydrogen (secondary N) is 1. The molecule has 1 aromatic heterocycles. The topological polar surface area (TPSA) is 96.8 Å². The second kappa shape index (κ2) is 12.2. The van der Waals surface area contributed by atoms with Gasteiger partial charge in [0.1, 0.15) is 17.9 Å². The fraction of sp³-hybridized carbons (Fsp3) is 0.370. The Morgan fingerprint density at radius 2 is 1.89 bits per heavy atom. The molecule has 0 spiro atoms. The number of aromatic nitrogens is 2. The van der Waals surface area contributed by atoms with Gasteiger partial charge in [-0.05, 0) is 48.6 Å². The third kappa shape index (κ3) is 6.27. The van der Waals surface area contributed by atoms with Crippen molar-refractivity contribution in [3.63, 3.8) is 0 Å². The first-order valence-corrected chi connectivity index (χ1v) is 12.1. The maximum absolute atomic E-state index is 12.9. The number of nitrogens with zero attached hydrogens (tertiary/aromatic N) is 3. The molecule has 4 rings (SSSR count). The Labute approximate surface area is 205 Å². The van der Waals surface area contributed by atoms with Gasteiger partial charge in [0.2, 0.25) is 11.8 Å². The van der Waals surface area contributed by atoms with Gasteiger partial charge in [0, 0.05) is 31.6 Å². The lowest BCUT2D eigenvalue weighted by molar-refractivity contribution is 0.0947. The number of hydrogen-bond acceptors (Lipinski definition) is 7. The maximum Gasteiger partial charge on any atom is 0.258 e. The fourth-order valence-corrected chi connectivity index (χ4v) is 4.06. The van der Waals surface area contributed by atoms with Crippen LogP contribution in [-0.4, -0.2) is 47.8 Å². The lowest BCUT2D eigenvalue weighted by Gasteiger charge is -2.19. The minimum Gasteiger partial charge on any atom is -0.497 e. The molecule has 184 valence electrons. The molecule has 1 aliphatic rings. The second-order valence-corrected chi connectivity index (χ2v) is 8.45. The zero-order valence-corrected chi connectivity index (χ0v) is 20.1. The summed E-state index contributed by atoms with van der Waals surface area (Å²) in [5.41, 5.74) is 3.58. The molecule has 0 radical (unpaired) electrons. The summed E-state index contributed by atoms with van der Waals surface area (Å²) in [5.74, 6) is 1.28. The number of hydrogen-bond donors (Lipinski definition) is 2. The van der Waals surface area contributed by atoms with Gasteiger partial charge in [0.05, 0.1) is 7.11 Å². The van der Waals surface area contributed by atoms with Crippen LogP contribution in [0.1, 0.15) is 47.2 Å². The molecule has 1 amide bonds. The number of benzene rings is 2. The monoisotopic (exact) mass is 476 g/mol. The Balaban J connectivity index is 1.51. The maximum atomic E-state index is 12.9. The molecule has 1 aliphatic heterocycles. The minimum atomic E-state index is -0.259. The van der Waals surface area contributed by atoms with Gasteiger partial charge in [0.25, 0.3) is 5.91 Å². The number of para-hydroxylation sites is 1. The highest BCUT2D eigenvalue weighted by Gasteiger charge is 2.24. The van der Waals surface area contributed by atoms with E-state index in [2.05, 4.69) is 32.3 Å². The summed E-state index contributed by atoms with van der Waals surface area (Å²) in [5, 5.41) is 11.8. The van der Waals surface area contributed by atoms with Gasteiger partial charge in [-0.15, -0.1) is 0 Å². The normalized spacial score (nSPS) is 12.3. The van der Waals surface area contributed by atoms with E-state index in [0.717, 1.165) is 55.6 Å². The Hall–Kier alpha value is -3.65. The van der Waals surface area contributed by atoms with Gasteiger partial charge < -0.3 is 24.8 Å². The molecule has 0 fully saturated rings. The molecular weight excluding hydrogens is 444 g/mol. The van der Waals surface area contributed by atoms with E-state index < -0.39 is 0 Å². The molecule has 0 atom stereocenters. The van der Waals surface area contributed by atoms with Crippen molar-refractivity contribution in [2.45, 2.75) is 38.7 Å². The van der Waals surface area contributed by atoms with Crippen molar-refractivity contribution in [2.24, 2.45) is 0 Å². The molecule has 8 heteroatoms. The van der Waals surface area contributed by atoms with Crippen molar-refractivity contribution in [1.82, 2.24) is 15.3 Å². The summed E-state index contributed by atoms with van der Waals surface area (Å²) in [7, 11) is 1.63. The first-order chi connectivity index (χ1) is 17.2. The summed E-state index contributed by atoms with van der Waals surface area (Å²) in [4.78, 5) is 24.2. The summed E-state index contributed by atoms with van der Waals surface area (Å²) in [6, 6.07) is 15.8. The molecular formula is C27H32N4O4. The molecule has 0 saturated heterocycles. The lowest BCUT2D eigenvalue weighted by atomic mass is 10.2. The summed E-state index contributed by atoms with van der Waals surface area (Å²) >= 11 is 0. The zero-order chi connectivity index (χ0) is 24.5. The van der Waals surface area contributed by atoms with Crippen molar-refractivity contribution >= 4 is 17.5 Å². The summed E-state index contributed by atoms with van der Waals surface area (Å²) in [6.45, 7) is 1.78. The summed E-state index contributed by atoms with van der Waals surface area (Å²) in [6.07, 6.45) is 5.99. The van der Waals surface area contributed by atoms with Crippen molar-refractivity contribution in [1.29, 1.82) is 0 Å². The predicted octanol–water partition coefficient (Wildman–Crippen LogP) is 4.04. The number of carbonyl (C=O) groups is 1. The van der Waals surface area contributed by atoms with E-state index >= 15 is 0 Å². The smallest absolute Gasteiger partial charge is 0.258 e. The third-order valence-electron chi connectivity index (χ3n) is 6.02. The van der Waals surface area contributed by atoms with Crippen LogP contribution in [0, 0.1) is 0 Å². The highest BCUT2D eigenvalue weighted by molar-refractivity contribution is 5.96. The number of carbonyl (C=O) groups excluding carboxylic acids is 1. The largest absolute Gasteiger partial charge is 0.497 e. The molecule has 8 nitrogen and oxygen atoms in total. The van der Waals surface area contributed by atoms with E-state index in [-0.39, 0.29) is 25.0 Å². The molecule has 35 heavy (non-hydrogen) atoms. The molecule has 0 bridgehead atoms. The lowest BCUT2D eigenvalue weighted by Crippen LogP contribution is -2.26. The van der Waals surface area contributed by atoms with Gasteiger partial charge >= 0.3 is 0 Å². The van der Waals surface area contributed by atoms with Crippen LogP contribution >= 0.6 is 0 Å². The Kier molecular flexibility index (Phi) is 8.51. The third-order valence-corrected chi connectivity index (χ3v) is 6.02. The van der Waals surface area contributed by atoms with Crippen LogP contribution in [0.25, 0.3) is 0 Å². The number of ether oxygens (including phenoxy) is 2. The SMILES string of the molecule is COc1ccc(COc2nc(N3CCc4ccccc43)ncc2C(=O)NCCCCCCO)cc1. The predicted molar refractivity (Wildman–Crippen MR) is 134 cm³/mol. The highest BCUT2D eigenvalue weighted by atomic mass is 16.5. The van der Waals surface area contributed by atoms with Gasteiger partial charge in [-0.25, -0.2) is 4.98 Å². The van der Waals surface area contributed by atoms with E-state index in [0.29, 0.717) is 18.1 Å². The Morgan fingerprint density at radius 1 is 1.09 bits per heavy atom. The van der Waals surface area contributed by atoms with Crippen LogP contribution in [0.15, 0.2) is 54.7 Å². The molecule has 2 heterocycles. The molecule has 2 N–H and O–H groups in total. The average molecular weight is 477 g/mol. The van der Waals surface area contributed by atoms with Crippen LogP contribution in [-0.2, 0) is 13.0 Å². The number of unbranched alkanes of at least 4 members (excludes halogenated alkanes) is 3. The molecule has 0 aliphatic carbocycles. The number of amides is 1. The van der Waals surface area contributed by atoms with Crippen molar-refractivity contribution in [2.75, 3.05) is 31.7 Å². The summed E-state index contributed by atoms with van der Waals surface area (Å²) < 4.78 is 11.3. The highest BCUT2D eigenvalue weighted by Crippen LogP contribution is 2.33. The number of methoxy groups -OCH3 is 1. The first kappa shape index (κ1) is 24.5. The van der Waals surface area contributed by atoms with E-state index in [4.69, 9.17) is 14.6 Å². The minimum absolute atomic E-state index is 0.201. The number of fused-ring (bicyclic) bond motifs is 1. The van der Waals surface area contributed by atoms with Gasteiger partial charge in [0.15, 0.2) is 0 Å². The zero-order valence-electron chi connectivity index (χ0n) is 20.1. The quantitative estimate of drug-likeness (QED) is 0.381. The van der Waals surface area contributed by atoms with Crippen molar-refractivity contribution < 1.29 is 19.4 Å². The van der Waals surface area contributed by atoms with E-state index in [1.165, 1.54) is 5.56 Å². The van der Waals surface area contributed by atoms with Crippen LogP contribution in [0.3, 0.4) is 0 Å². The van der Waals surface area contributed by atoms with Crippen LogP contribution in [0.4, 0.5) is 11.6 Å². The van der Waals surface area contributed by atoms with Crippen LogP contribution in [0.5, 0.6) is 11.6 Å². The Morgan fingerprint density at radius 3 is 2.69 bits per heavy atom.